The molecule has 1 aromatic rings. The van der Waals surface area contributed by atoms with Gasteiger partial charge < -0.3 is 10.4 Å². The molecule has 2 N–H and O–H groups in total. The number of carbonyl (C=O) groups is 2. The lowest BCUT2D eigenvalue weighted by Crippen LogP contribution is -2.40. The van der Waals surface area contributed by atoms with Gasteiger partial charge in [-0.1, -0.05) is 25.1 Å². The van der Waals surface area contributed by atoms with E-state index < -0.39 is 12.0 Å². The van der Waals surface area contributed by atoms with Gasteiger partial charge in [-0.05, 0) is 48.8 Å². The van der Waals surface area contributed by atoms with Gasteiger partial charge in [-0.15, -0.1) is 0 Å². The number of nitrogens with one attached hydrogen (secondary N) is 1. The Hall–Kier alpha value is -1.84. The van der Waals surface area contributed by atoms with Gasteiger partial charge in [0.25, 0.3) is 0 Å². The fourth-order valence-electron chi connectivity index (χ4n) is 2.67. The molecule has 4 heteroatoms. The average Bonchev–Trinajstić information content (AvgIpc) is 2.44. The van der Waals surface area contributed by atoms with E-state index in [1.54, 1.807) is 6.92 Å². The standard InChI is InChI=1S/C16H21NO3/c1-2-14(16(19)20)17-15(18)10-11-7-8-12-5-3-4-6-13(12)9-11/h7-9,14H,2-6,10H2,1H3,(H,17,18)(H,19,20). The summed E-state index contributed by atoms with van der Waals surface area (Å²) >= 11 is 0. The zero-order valence-electron chi connectivity index (χ0n) is 11.8. The summed E-state index contributed by atoms with van der Waals surface area (Å²) in [6.07, 6.45) is 5.29. The van der Waals surface area contributed by atoms with Crippen LogP contribution in [0.15, 0.2) is 18.2 Å². The number of carbonyl (C=O) groups excluding carboxylic acids is 1. The molecule has 0 aromatic heterocycles. The van der Waals surface area contributed by atoms with E-state index in [1.807, 2.05) is 6.07 Å². The fourth-order valence-corrected chi connectivity index (χ4v) is 2.67. The van der Waals surface area contributed by atoms with Gasteiger partial charge in [0, 0.05) is 0 Å². The number of benzene rings is 1. The maximum absolute atomic E-state index is 11.9. The SMILES string of the molecule is CCC(NC(=O)Cc1ccc2c(c1)CCCC2)C(=O)O. The van der Waals surface area contributed by atoms with Crippen molar-refractivity contribution in [3.63, 3.8) is 0 Å². The lowest BCUT2D eigenvalue weighted by atomic mass is 9.90. The zero-order chi connectivity index (χ0) is 14.5. The van der Waals surface area contributed by atoms with Crippen LogP contribution in [0, 0.1) is 0 Å². The summed E-state index contributed by atoms with van der Waals surface area (Å²) in [6, 6.07) is 5.38. The van der Waals surface area contributed by atoms with Crippen molar-refractivity contribution in [2.45, 2.75) is 51.5 Å². The molecular formula is C16H21NO3. The molecule has 2 rings (SSSR count). The van der Waals surface area contributed by atoms with Crippen molar-refractivity contribution < 1.29 is 14.7 Å². The Labute approximate surface area is 119 Å². The van der Waals surface area contributed by atoms with Gasteiger partial charge in [-0.2, -0.15) is 0 Å². The van der Waals surface area contributed by atoms with E-state index in [9.17, 15) is 9.59 Å². The lowest BCUT2D eigenvalue weighted by Gasteiger charge is -2.17. The van der Waals surface area contributed by atoms with Crippen LogP contribution in [0.2, 0.25) is 0 Å². The number of fused-ring (bicyclic) bond motifs is 1. The first-order valence-corrected chi connectivity index (χ1v) is 7.23. The molecule has 0 bridgehead atoms. The Morgan fingerprint density at radius 1 is 1.25 bits per heavy atom. The number of hydrogen-bond acceptors (Lipinski definition) is 2. The topological polar surface area (TPSA) is 66.4 Å². The number of carboxylic acid groups (broad SMARTS) is 1. The maximum Gasteiger partial charge on any atom is 0.326 e. The minimum absolute atomic E-state index is 0.227. The van der Waals surface area contributed by atoms with Crippen LogP contribution in [0.25, 0.3) is 0 Å². The summed E-state index contributed by atoms with van der Waals surface area (Å²) in [6.45, 7) is 1.75. The van der Waals surface area contributed by atoms with Gasteiger partial charge in [-0.3, -0.25) is 4.79 Å². The Balaban J connectivity index is 1.99. The number of aliphatic carboxylic acids is 1. The molecule has 0 radical (unpaired) electrons. The van der Waals surface area contributed by atoms with Gasteiger partial charge >= 0.3 is 5.97 Å². The molecule has 0 saturated carbocycles. The third-order valence-electron chi connectivity index (χ3n) is 3.82. The van der Waals surface area contributed by atoms with E-state index in [1.165, 1.54) is 24.0 Å². The molecule has 1 unspecified atom stereocenters. The van der Waals surface area contributed by atoms with Crippen LogP contribution in [0.1, 0.15) is 42.9 Å². The van der Waals surface area contributed by atoms with Gasteiger partial charge in [0.1, 0.15) is 6.04 Å². The van der Waals surface area contributed by atoms with E-state index >= 15 is 0 Å². The molecule has 4 nitrogen and oxygen atoms in total. The van der Waals surface area contributed by atoms with E-state index in [4.69, 9.17) is 5.11 Å². The third kappa shape index (κ3) is 3.59. The predicted molar refractivity (Wildman–Crippen MR) is 76.6 cm³/mol. The molecule has 0 saturated heterocycles. The molecule has 0 aliphatic heterocycles. The first kappa shape index (κ1) is 14.6. The second-order valence-corrected chi connectivity index (χ2v) is 5.35. The second-order valence-electron chi connectivity index (χ2n) is 5.35. The largest absolute Gasteiger partial charge is 0.480 e. The third-order valence-corrected chi connectivity index (χ3v) is 3.82. The van der Waals surface area contributed by atoms with Crippen molar-refractivity contribution in [1.82, 2.24) is 5.32 Å². The Morgan fingerprint density at radius 2 is 1.95 bits per heavy atom. The smallest absolute Gasteiger partial charge is 0.326 e. The number of carboxylic acids is 1. The van der Waals surface area contributed by atoms with Crippen LogP contribution in [0.5, 0.6) is 0 Å². The minimum atomic E-state index is -0.980. The average molecular weight is 275 g/mol. The van der Waals surface area contributed by atoms with E-state index in [2.05, 4.69) is 17.4 Å². The molecule has 108 valence electrons. The van der Waals surface area contributed by atoms with E-state index in [0.717, 1.165) is 18.4 Å². The molecular weight excluding hydrogens is 254 g/mol. The van der Waals surface area contributed by atoms with Crippen LogP contribution in [-0.4, -0.2) is 23.0 Å². The Bertz CT molecular complexity index is 510. The van der Waals surface area contributed by atoms with Gasteiger partial charge in [0.2, 0.25) is 5.91 Å². The van der Waals surface area contributed by atoms with Crippen LogP contribution < -0.4 is 5.32 Å². The molecule has 1 aliphatic carbocycles. The molecule has 1 aliphatic rings. The highest BCUT2D eigenvalue weighted by atomic mass is 16.4. The van der Waals surface area contributed by atoms with Crippen LogP contribution >= 0.6 is 0 Å². The molecule has 0 heterocycles. The van der Waals surface area contributed by atoms with E-state index in [0.29, 0.717) is 6.42 Å². The Morgan fingerprint density at radius 3 is 2.60 bits per heavy atom. The predicted octanol–water partition coefficient (Wildman–Crippen LogP) is 2.09. The highest BCUT2D eigenvalue weighted by Crippen LogP contribution is 2.22. The molecule has 1 amide bonds. The van der Waals surface area contributed by atoms with Crippen molar-refractivity contribution in [2.24, 2.45) is 0 Å². The van der Waals surface area contributed by atoms with Gasteiger partial charge in [0.05, 0.1) is 6.42 Å². The molecule has 1 aromatic carbocycles. The quantitative estimate of drug-likeness (QED) is 0.864. The van der Waals surface area contributed by atoms with Crippen LogP contribution in [-0.2, 0) is 28.9 Å². The van der Waals surface area contributed by atoms with Gasteiger partial charge in [-0.25, -0.2) is 4.79 Å². The second kappa shape index (κ2) is 6.55. The molecule has 0 spiro atoms. The number of rotatable bonds is 5. The molecule has 20 heavy (non-hydrogen) atoms. The van der Waals surface area contributed by atoms with Crippen molar-refractivity contribution in [2.75, 3.05) is 0 Å². The normalized spacial score (nSPS) is 15.2. The number of aryl methyl sites for hydroxylation is 2. The summed E-state index contributed by atoms with van der Waals surface area (Å²) < 4.78 is 0. The van der Waals surface area contributed by atoms with Crippen molar-refractivity contribution >= 4 is 11.9 Å². The fraction of sp³-hybridized carbons (Fsp3) is 0.500. The summed E-state index contributed by atoms with van der Waals surface area (Å²) in [5, 5.41) is 11.5. The lowest BCUT2D eigenvalue weighted by molar-refractivity contribution is -0.141. The first-order chi connectivity index (χ1) is 9.60. The summed E-state index contributed by atoms with van der Waals surface area (Å²) in [5.41, 5.74) is 3.69. The number of hydrogen-bond donors (Lipinski definition) is 2. The van der Waals surface area contributed by atoms with Crippen molar-refractivity contribution in [1.29, 1.82) is 0 Å². The highest BCUT2D eigenvalue weighted by Gasteiger charge is 2.18. The van der Waals surface area contributed by atoms with Crippen LogP contribution in [0.3, 0.4) is 0 Å². The highest BCUT2D eigenvalue weighted by molar-refractivity contribution is 5.84. The zero-order valence-corrected chi connectivity index (χ0v) is 11.8. The monoisotopic (exact) mass is 275 g/mol. The van der Waals surface area contributed by atoms with Crippen LogP contribution in [0.4, 0.5) is 0 Å². The number of amides is 1. The maximum atomic E-state index is 11.9. The summed E-state index contributed by atoms with van der Waals surface area (Å²) in [5.74, 6) is -1.21. The molecule has 1 atom stereocenters. The van der Waals surface area contributed by atoms with Gasteiger partial charge in [0.15, 0.2) is 0 Å². The molecule has 0 fully saturated rings. The first-order valence-electron chi connectivity index (χ1n) is 7.23. The summed E-state index contributed by atoms with van der Waals surface area (Å²) in [7, 11) is 0. The minimum Gasteiger partial charge on any atom is -0.480 e. The van der Waals surface area contributed by atoms with E-state index in [-0.39, 0.29) is 12.3 Å². The summed E-state index contributed by atoms with van der Waals surface area (Å²) in [4.78, 5) is 22.8. The van der Waals surface area contributed by atoms with Crippen molar-refractivity contribution in [3.05, 3.63) is 34.9 Å². The van der Waals surface area contributed by atoms with Crippen molar-refractivity contribution in [3.8, 4) is 0 Å². The Kier molecular flexibility index (Phi) is 4.77.